The molecule has 0 heterocycles. The topological polar surface area (TPSA) is 64.3 Å². The van der Waals surface area contributed by atoms with E-state index in [1.807, 2.05) is 5.43 Å². The number of hydrogen-bond donors (Lipinski definition) is 2. The third-order valence-corrected chi connectivity index (χ3v) is 3.93. The van der Waals surface area contributed by atoms with Gasteiger partial charge in [0.2, 0.25) is 0 Å². The van der Waals surface area contributed by atoms with Crippen LogP contribution in [0.1, 0.15) is 15.9 Å². The molecule has 0 saturated heterocycles. The van der Waals surface area contributed by atoms with E-state index in [9.17, 15) is 4.79 Å². The first-order chi connectivity index (χ1) is 10.4. The molecule has 8 heteroatoms. The maximum absolute atomic E-state index is 11.5. The molecule has 2 aromatic rings. The minimum Gasteiger partial charge on any atom is -0.486 e. The summed E-state index contributed by atoms with van der Waals surface area (Å²) in [5, 5.41) is 1.38. The van der Waals surface area contributed by atoms with Crippen LogP contribution in [-0.2, 0) is 6.61 Å². The van der Waals surface area contributed by atoms with E-state index < -0.39 is 5.91 Å². The summed E-state index contributed by atoms with van der Waals surface area (Å²) >= 11 is 24.1. The van der Waals surface area contributed by atoms with Crippen LogP contribution >= 0.6 is 46.4 Å². The van der Waals surface area contributed by atoms with E-state index >= 15 is 0 Å². The standard InChI is InChI=1S/C14H10Cl4N2O2/c15-9-2-1-7(10(16)5-9)6-22-13-11(17)3-8(4-12(13)18)14(21)20-19/h1-5H,6,19H2,(H,20,21). The fourth-order valence-electron chi connectivity index (χ4n) is 1.70. The van der Waals surface area contributed by atoms with Crippen LogP contribution in [0.15, 0.2) is 30.3 Å². The predicted molar refractivity (Wildman–Crippen MR) is 88.9 cm³/mol. The van der Waals surface area contributed by atoms with Gasteiger partial charge in [0.15, 0.2) is 5.75 Å². The van der Waals surface area contributed by atoms with Crippen molar-refractivity contribution >= 4 is 52.3 Å². The second-order valence-electron chi connectivity index (χ2n) is 4.27. The molecule has 0 radical (unpaired) electrons. The van der Waals surface area contributed by atoms with Crippen molar-refractivity contribution in [1.82, 2.24) is 5.43 Å². The highest BCUT2D eigenvalue weighted by Gasteiger charge is 2.14. The Hall–Kier alpha value is -1.17. The third-order valence-electron chi connectivity index (χ3n) is 2.78. The van der Waals surface area contributed by atoms with Gasteiger partial charge in [-0.15, -0.1) is 0 Å². The normalized spacial score (nSPS) is 10.4. The van der Waals surface area contributed by atoms with Gasteiger partial charge in [0.05, 0.1) is 10.0 Å². The summed E-state index contributed by atoms with van der Waals surface area (Å²) in [7, 11) is 0. The lowest BCUT2D eigenvalue weighted by atomic mass is 10.2. The molecule has 22 heavy (non-hydrogen) atoms. The van der Waals surface area contributed by atoms with Crippen LogP contribution in [0.2, 0.25) is 20.1 Å². The molecule has 0 saturated carbocycles. The van der Waals surface area contributed by atoms with Gasteiger partial charge in [0, 0.05) is 21.2 Å². The van der Waals surface area contributed by atoms with Crippen LogP contribution in [0.25, 0.3) is 0 Å². The maximum atomic E-state index is 11.5. The van der Waals surface area contributed by atoms with Crippen molar-refractivity contribution in [3.05, 3.63) is 61.5 Å². The fourth-order valence-corrected chi connectivity index (χ4v) is 2.76. The largest absolute Gasteiger partial charge is 0.486 e. The van der Waals surface area contributed by atoms with E-state index in [2.05, 4.69) is 0 Å². The lowest BCUT2D eigenvalue weighted by Gasteiger charge is -2.12. The number of nitrogens with two attached hydrogens (primary N) is 1. The van der Waals surface area contributed by atoms with Gasteiger partial charge in [-0.1, -0.05) is 52.5 Å². The van der Waals surface area contributed by atoms with E-state index in [1.54, 1.807) is 18.2 Å². The number of hydrazine groups is 1. The smallest absolute Gasteiger partial charge is 0.265 e. The summed E-state index contributed by atoms with van der Waals surface area (Å²) < 4.78 is 5.59. The third kappa shape index (κ3) is 3.97. The highest BCUT2D eigenvalue weighted by Crippen LogP contribution is 2.35. The number of halogens is 4. The minimum absolute atomic E-state index is 0.151. The molecular formula is C14H10Cl4N2O2. The van der Waals surface area contributed by atoms with Gasteiger partial charge in [-0.25, -0.2) is 5.84 Å². The zero-order chi connectivity index (χ0) is 16.3. The number of nitrogen functional groups attached to an aromatic ring is 1. The van der Waals surface area contributed by atoms with Gasteiger partial charge in [0.25, 0.3) is 5.91 Å². The van der Waals surface area contributed by atoms with Gasteiger partial charge >= 0.3 is 0 Å². The second kappa shape index (κ2) is 7.40. The van der Waals surface area contributed by atoms with Crippen molar-refractivity contribution in [2.24, 2.45) is 5.84 Å². The van der Waals surface area contributed by atoms with Crippen LogP contribution in [0, 0.1) is 0 Å². The van der Waals surface area contributed by atoms with E-state index in [0.717, 1.165) is 5.56 Å². The number of ether oxygens (including phenoxy) is 1. The Labute approximate surface area is 147 Å². The molecule has 0 fully saturated rings. The Morgan fingerprint density at radius 2 is 1.68 bits per heavy atom. The molecule has 116 valence electrons. The Morgan fingerprint density at radius 1 is 1.05 bits per heavy atom. The van der Waals surface area contributed by atoms with Crippen molar-refractivity contribution in [3.8, 4) is 5.75 Å². The maximum Gasteiger partial charge on any atom is 0.265 e. The quantitative estimate of drug-likeness (QED) is 0.467. The fraction of sp³-hybridized carbons (Fsp3) is 0.0714. The Balaban J connectivity index is 2.21. The lowest BCUT2D eigenvalue weighted by molar-refractivity contribution is 0.0953. The zero-order valence-electron chi connectivity index (χ0n) is 11.0. The first-order valence-corrected chi connectivity index (χ1v) is 7.50. The van der Waals surface area contributed by atoms with Crippen molar-refractivity contribution in [3.63, 3.8) is 0 Å². The Morgan fingerprint density at radius 3 is 2.23 bits per heavy atom. The SMILES string of the molecule is NNC(=O)c1cc(Cl)c(OCc2ccc(Cl)cc2Cl)c(Cl)c1. The van der Waals surface area contributed by atoms with Gasteiger partial charge in [-0.05, 0) is 24.3 Å². The van der Waals surface area contributed by atoms with Crippen LogP contribution in [-0.4, -0.2) is 5.91 Å². The van der Waals surface area contributed by atoms with E-state index in [1.165, 1.54) is 12.1 Å². The molecule has 1 amide bonds. The molecule has 0 aliphatic carbocycles. The molecule has 0 unspecified atom stereocenters. The number of carbonyl (C=O) groups is 1. The number of benzene rings is 2. The highest BCUT2D eigenvalue weighted by molar-refractivity contribution is 6.37. The lowest BCUT2D eigenvalue weighted by Crippen LogP contribution is -2.29. The summed E-state index contributed by atoms with van der Waals surface area (Å²) in [5.74, 6) is 4.81. The molecule has 0 aliphatic rings. The monoisotopic (exact) mass is 378 g/mol. The van der Waals surface area contributed by atoms with Crippen molar-refractivity contribution in [1.29, 1.82) is 0 Å². The molecule has 0 bridgehead atoms. The Kier molecular flexibility index (Phi) is 5.78. The van der Waals surface area contributed by atoms with E-state index in [4.69, 9.17) is 57.0 Å². The molecular weight excluding hydrogens is 370 g/mol. The van der Waals surface area contributed by atoms with Crippen molar-refractivity contribution in [2.45, 2.75) is 6.61 Å². The molecule has 3 N–H and O–H groups in total. The molecule has 2 rings (SSSR count). The minimum atomic E-state index is -0.504. The second-order valence-corrected chi connectivity index (χ2v) is 5.92. The average molecular weight is 380 g/mol. The summed E-state index contributed by atoms with van der Waals surface area (Å²) in [6, 6.07) is 7.87. The average Bonchev–Trinajstić information content (AvgIpc) is 2.47. The summed E-state index contributed by atoms with van der Waals surface area (Å²) in [4.78, 5) is 11.5. The first kappa shape index (κ1) is 17.2. The summed E-state index contributed by atoms with van der Waals surface area (Å²) in [6.45, 7) is 0.151. The van der Waals surface area contributed by atoms with Crippen LogP contribution in [0.5, 0.6) is 5.75 Å². The van der Waals surface area contributed by atoms with Crippen molar-refractivity contribution < 1.29 is 9.53 Å². The van der Waals surface area contributed by atoms with Gasteiger partial charge in [0.1, 0.15) is 6.61 Å². The molecule has 0 spiro atoms. The number of nitrogens with one attached hydrogen (secondary N) is 1. The number of carbonyl (C=O) groups excluding carboxylic acids is 1. The Bertz CT molecular complexity index is 699. The summed E-state index contributed by atoms with van der Waals surface area (Å²) in [6.07, 6.45) is 0. The highest BCUT2D eigenvalue weighted by atomic mass is 35.5. The van der Waals surface area contributed by atoms with Gasteiger partial charge < -0.3 is 4.74 Å². The van der Waals surface area contributed by atoms with Crippen LogP contribution in [0.4, 0.5) is 0 Å². The molecule has 2 aromatic carbocycles. The van der Waals surface area contributed by atoms with E-state index in [0.29, 0.717) is 10.0 Å². The molecule has 0 atom stereocenters. The van der Waals surface area contributed by atoms with Gasteiger partial charge in [-0.2, -0.15) is 0 Å². The number of rotatable bonds is 4. The van der Waals surface area contributed by atoms with Crippen molar-refractivity contribution in [2.75, 3.05) is 0 Å². The number of hydrogen-bond acceptors (Lipinski definition) is 3. The molecule has 0 aromatic heterocycles. The first-order valence-electron chi connectivity index (χ1n) is 5.99. The predicted octanol–water partition coefficient (Wildman–Crippen LogP) is 4.48. The zero-order valence-corrected chi connectivity index (χ0v) is 14.0. The number of amides is 1. The van der Waals surface area contributed by atoms with Crippen LogP contribution in [0.3, 0.4) is 0 Å². The molecule has 0 aliphatic heterocycles. The van der Waals surface area contributed by atoms with Crippen LogP contribution < -0.4 is 16.0 Å². The van der Waals surface area contributed by atoms with E-state index in [-0.39, 0.29) is 28.0 Å². The summed E-state index contributed by atoms with van der Waals surface area (Å²) in [5.41, 5.74) is 2.95. The molecule has 4 nitrogen and oxygen atoms in total. The van der Waals surface area contributed by atoms with Gasteiger partial charge in [-0.3, -0.25) is 10.2 Å².